The van der Waals surface area contributed by atoms with Crippen LogP contribution in [0.5, 0.6) is 0 Å². The molecule has 1 aliphatic carbocycles. The van der Waals surface area contributed by atoms with Gasteiger partial charge in [0.05, 0.1) is 24.0 Å². The van der Waals surface area contributed by atoms with Gasteiger partial charge in [0.25, 0.3) is 0 Å². The molecule has 1 fully saturated rings. The number of rotatable bonds is 7. The minimum atomic E-state index is -0.130. The summed E-state index contributed by atoms with van der Waals surface area (Å²) in [5.41, 5.74) is 2.82. The molecule has 1 atom stereocenters. The van der Waals surface area contributed by atoms with Crippen LogP contribution in [-0.4, -0.2) is 39.1 Å². The zero-order valence-electron chi connectivity index (χ0n) is 18.4. The van der Waals surface area contributed by atoms with E-state index in [1.807, 2.05) is 0 Å². The molecule has 10 heteroatoms. The lowest BCUT2D eigenvalue weighted by molar-refractivity contribution is -0.113. The van der Waals surface area contributed by atoms with Crippen LogP contribution in [0.4, 0.5) is 5.00 Å². The van der Waals surface area contributed by atoms with Gasteiger partial charge in [-0.1, -0.05) is 11.8 Å². The molecular weight excluding hydrogens is 474 g/mol. The average molecular weight is 500 g/mol. The van der Waals surface area contributed by atoms with E-state index in [1.54, 1.807) is 22.7 Å². The summed E-state index contributed by atoms with van der Waals surface area (Å²) < 4.78 is 7.94. The Kier molecular flexibility index (Phi) is 6.83. The Hall–Kier alpha value is -2.19. The maximum Gasteiger partial charge on any atom is 0.235 e. The van der Waals surface area contributed by atoms with Crippen molar-refractivity contribution in [2.75, 3.05) is 17.7 Å². The van der Waals surface area contributed by atoms with Crippen LogP contribution < -0.4 is 5.32 Å². The van der Waals surface area contributed by atoms with Crippen molar-refractivity contribution in [2.24, 2.45) is 0 Å². The van der Waals surface area contributed by atoms with Gasteiger partial charge in [-0.2, -0.15) is 5.26 Å². The summed E-state index contributed by atoms with van der Waals surface area (Å²) in [5, 5.41) is 25.0. The van der Waals surface area contributed by atoms with Crippen LogP contribution in [0.3, 0.4) is 0 Å². The number of hydrogen-bond acceptors (Lipinski definition) is 8. The number of aromatic nitrogens is 3. The largest absolute Gasteiger partial charge is 0.376 e. The van der Waals surface area contributed by atoms with Crippen LogP contribution in [0.1, 0.15) is 46.6 Å². The van der Waals surface area contributed by atoms with Gasteiger partial charge in [-0.05, 0) is 57.1 Å². The summed E-state index contributed by atoms with van der Waals surface area (Å²) in [4.78, 5) is 15.3. The Morgan fingerprint density at radius 2 is 2.24 bits per heavy atom. The van der Waals surface area contributed by atoms with Gasteiger partial charge in [-0.25, -0.2) is 0 Å². The normalized spacial score (nSPS) is 17.6. The van der Waals surface area contributed by atoms with E-state index >= 15 is 0 Å². The second-order valence-electron chi connectivity index (χ2n) is 8.36. The van der Waals surface area contributed by atoms with E-state index in [9.17, 15) is 10.1 Å². The minimum absolute atomic E-state index is 0.130. The molecule has 33 heavy (non-hydrogen) atoms. The average Bonchev–Trinajstić information content (AvgIpc) is 3.59. The summed E-state index contributed by atoms with van der Waals surface area (Å²) in [6.45, 7) is 3.54. The number of nitrogens with zero attached hydrogens (tertiary/aromatic N) is 4. The number of anilines is 1. The minimum Gasteiger partial charge on any atom is -0.376 e. The standard InChI is InChI=1S/C23H25N5O2S3/c1-14-9-15(12-31-14)21-26-27-23(28(21)11-16-5-4-8-30-16)32-13-20(29)25-22-18(10-24)17-6-2-3-7-19(17)33-22/h9,12,16H,2-8,11,13H2,1H3,(H,25,29). The molecular formula is C23H25N5O2S3. The molecule has 1 amide bonds. The van der Waals surface area contributed by atoms with Gasteiger partial charge < -0.3 is 10.1 Å². The molecule has 1 unspecified atom stereocenters. The first-order valence-electron chi connectivity index (χ1n) is 11.2. The Bertz CT molecular complexity index is 1200. The molecule has 4 heterocycles. The molecule has 0 bridgehead atoms. The fraction of sp³-hybridized carbons (Fsp3) is 0.478. The highest BCUT2D eigenvalue weighted by Crippen LogP contribution is 2.38. The lowest BCUT2D eigenvalue weighted by atomic mass is 9.96. The third-order valence-corrected chi connectivity index (χ3v) is 9.02. The number of ether oxygens (including phenoxy) is 1. The van der Waals surface area contributed by atoms with Crippen LogP contribution >= 0.6 is 34.4 Å². The molecule has 7 nitrogen and oxygen atoms in total. The Morgan fingerprint density at radius 3 is 3.00 bits per heavy atom. The number of amides is 1. The lowest BCUT2D eigenvalue weighted by Crippen LogP contribution is -2.18. The van der Waals surface area contributed by atoms with Gasteiger partial charge in [0, 0.05) is 27.3 Å². The SMILES string of the molecule is Cc1cc(-c2nnc(SCC(=O)Nc3sc4c(c3C#N)CCCC4)n2CC2CCCO2)cs1. The van der Waals surface area contributed by atoms with Gasteiger partial charge in [-0.3, -0.25) is 9.36 Å². The van der Waals surface area contributed by atoms with Crippen molar-refractivity contribution in [3.8, 4) is 17.5 Å². The van der Waals surface area contributed by atoms with Crippen molar-refractivity contribution in [3.05, 3.63) is 32.3 Å². The molecule has 1 N–H and O–H groups in total. The van der Waals surface area contributed by atoms with Gasteiger partial charge in [0.2, 0.25) is 5.91 Å². The van der Waals surface area contributed by atoms with E-state index < -0.39 is 0 Å². The highest BCUT2D eigenvalue weighted by Gasteiger charge is 2.24. The van der Waals surface area contributed by atoms with Crippen LogP contribution in [0.15, 0.2) is 16.6 Å². The Morgan fingerprint density at radius 1 is 1.36 bits per heavy atom. The highest BCUT2D eigenvalue weighted by molar-refractivity contribution is 7.99. The Balaban J connectivity index is 1.31. The number of thiophene rings is 2. The van der Waals surface area contributed by atoms with Crippen LogP contribution in [0.2, 0.25) is 0 Å². The van der Waals surface area contributed by atoms with E-state index in [4.69, 9.17) is 4.74 Å². The third-order valence-electron chi connectivity index (χ3n) is 5.98. The first-order chi connectivity index (χ1) is 16.1. The fourth-order valence-electron chi connectivity index (χ4n) is 4.39. The Labute approximate surface area is 205 Å². The van der Waals surface area contributed by atoms with Gasteiger partial charge in [0.1, 0.15) is 11.1 Å². The number of fused-ring (bicyclic) bond motifs is 1. The second kappa shape index (κ2) is 9.97. The van der Waals surface area contributed by atoms with Crippen molar-refractivity contribution < 1.29 is 9.53 Å². The lowest BCUT2D eigenvalue weighted by Gasteiger charge is -2.14. The summed E-state index contributed by atoms with van der Waals surface area (Å²) in [7, 11) is 0. The third kappa shape index (κ3) is 4.87. The number of carbonyl (C=O) groups excluding carboxylic acids is 1. The maximum absolute atomic E-state index is 12.8. The fourth-order valence-corrected chi connectivity index (χ4v) is 7.08. The summed E-state index contributed by atoms with van der Waals surface area (Å²) >= 11 is 4.61. The van der Waals surface area contributed by atoms with Gasteiger partial charge >= 0.3 is 0 Å². The van der Waals surface area contributed by atoms with Gasteiger partial charge in [-0.15, -0.1) is 32.9 Å². The molecule has 0 saturated carbocycles. The zero-order valence-corrected chi connectivity index (χ0v) is 20.9. The quantitative estimate of drug-likeness (QED) is 0.458. The zero-order chi connectivity index (χ0) is 22.8. The molecule has 0 radical (unpaired) electrons. The number of thioether (sulfide) groups is 1. The number of nitrogens with one attached hydrogen (secondary N) is 1. The molecule has 2 aliphatic rings. The van der Waals surface area contributed by atoms with Gasteiger partial charge in [0.15, 0.2) is 11.0 Å². The van der Waals surface area contributed by atoms with E-state index in [0.717, 1.165) is 62.1 Å². The molecule has 5 rings (SSSR count). The van der Waals surface area contributed by atoms with E-state index in [-0.39, 0.29) is 17.8 Å². The molecule has 3 aromatic rings. The number of hydrogen-bond donors (Lipinski definition) is 1. The van der Waals surface area contributed by atoms with Crippen molar-refractivity contribution in [3.63, 3.8) is 0 Å². The highest BCUT2D eigenvalue weighted by atomic mass is 32.2. The predicted octanol–water partition coefficient (Wildman–Crippen LogP) is 5.04. The van der Waals surface area contributed by atoms with Crippen LogP contribution in [-0.2, 0) is 28.9 Å². The van der Waals surface area contributed by atoms with E-state index in [0.29, 0.717) is 22.3 Å². The number of nitriles is 1. The van der Waals surface area contributed by atoms with Crippen LogP contribution in [0.25, 0.3) is 11.4 Å². The molecule has 1 aliphatic heterocycles. The summed E-state index contributed by atoms with van der Waals surface area (Å²) in [5.74, 6) is 0.893. The smallest absolute Gasteiger partial charge is 0.235 e. The molecule has 0 spiro atoms. The number of carbonyl (C=O) groups is 1. The summed E-state index contributed by atoms with van der Waals surface area (Å²) in [6, 6.07) is 4.42. The number of aryl methyl sites for hydroxylation is 2. The molecule has 1 saturated heterocycles. The van der Waals surface area contributed by atoms with Crippen molar-refractivity contribution in [1.82, 2.24) is 14.8 Å². The topological polar surface area (TPSA) is 92.8 Å². The molecule has 172 valence electrons. The monoisotopic (exact) mass is 499 g/mol. The van der Waals surface area contributed by atoms with Crippen LogP contribution in [0, 0.1) is 18.3 Å². The maximum atomic E-state index is 12.8. The predicted molar refractivity (Wildman–Crippen MR) is 132 cm³/mol. The molecule has 3 aromatic heterocycles. The van der Waals surface area contributed by atoms with Crippen molar-refractivity contribution in [2.45, 2.75) is 63.3 Å². The summed E-state index contributed by atoms with van der Waals surface area (Å²) in [6.07, 6.45) is 6.40. The van der Waals surface area contributed by atoms with E-state index in [1.165, 1.54) is 21.5 Å². The van der Waals surface area contributed by atoms with Crippen molar-refractivity contribution >= 4 is 45.3 Å². The van der Waals surface area contributed by atoms with E-state index in [2.05, 4.69) is 44.5 Å². The van der Waals surface area contributed by atoms with Crippen molar-refractivity contribution in [1.29, 1.82) is 5.26 Å². The second-order valence-corrected chi connectivity index (χ2v) is 11.5. The first-order valence-corrected chi connectivity index (χ1v) is 13.9. The molecule has 0 aromatic carbocycles. The first kappa shape index (κ1) is 22.6.